The Kier molecular flexibility index (Phi) is 18.2. The monoisotopic (exact) mass is 1380 g/mol. The Balaban J connectivity index is 2.52. The van der Waals surface area contributed by atoms with Gasteiger partial charge < -0.3 is 40.7 Å². The lowest BCUT2D eigenvalue weighted by Crippen LogP contribution is -2.36. The van der Waals surface area contributed by atoms with Gasteiger partial charge in [-0.1, -0.05) is 0 Å². The highest BCUT2D eigenvalue weighted by molar-refractivity contribution is 14.1. The number of esters is 2. The number of nitrogens with zero attached hydrogens (tertiary/aromatic N) is 1. The van der Waals surface area contributed by atoms with Gasteiger partial charge in [0.25, 0.3) is 17.7 Å². The molecule has 0 saturated heterocycles. The Labute approximate surface area is 375 Å². The minimum absolute atomic E-state index is 0.00915. The standard InChI is InChI=1S/C30H31I6N5O10/c1-11(43)41(6)24-21(35)14(25(45)37-5)17(31)15(22(24)36)27(47)39-9-12(44)40-23-19(33)13(26(46)38-7-8-42)18(32)16(20(23)34)28(48)50-10-51-29(49)30(2,3)4/h42H,7-10H2,1-6H3,(H,37,45)(H,38,46)(H,39,47)(H,40,44). The van der Waals surface area contributed by atoms with Crippen LogP contribution in [0.5, 0.6) is 0 Å². The van der Waals surface area contributed by atoms with Crippen LogP contribution in [-0.2, 0) is 23.9 Å². The Hall–Kier alpha value is -0.930. The fraction of sp³-hybridized carbons (Fsp3) is 0.367. The lowest BCUT2D eigenvalue weighted by atomic mass is 9.98. The van der Waals surface area contributed by atoms with Crippen LogP contribution in [0.4, 0.5) is 11.4 Å². The number of anilines is 2. The smallest absolute Gasteiger partial charge is 0.343 e. The van der Waals surface area contributed by atoms with Gasteiger partial charge in [0.1, 0.15) is 0 Å². The fourth-order valence-electron chi connectivity index (χ4n) is 3.89. The molecule has 0 saturated carbocycles. The maximum atomic E-state index is 13.6. The van der Waals surface area contributed by atoms with Gasteiger partial charge in [0.15, 0.2) is 0 Å². The molecule has 0 aromatic heterocycles. The summed E-state index contributed by atoms with van der Waals surface area (Å²) < 4.78 is 12.0. The number of hydrogen-bond donors (Lipinski definition) is 5. The Morgan fingerprint density at radius 1 is 0.725 bits per heavy atom. The van der Waals surface area contributed by atoms with Crippen LogP contribution < -0.4 is 26.2 Å². The van der Waals surface area contributed by atoms with E-state index in [1.165, 1.54) is 25.9 Å². The van der Waals surface area contributed by atoms with Gasteiger partial charge in [-0.25, -0.2) is 4.79 Å². The van der Waals surface area contributed by atoms with E-state index < -0.39 is 54.3 Å². The number of benzene rings is 2. The molecule has 0 atom stereocenters. The average Bonchev–Trinajstić information content (AvgIpc) is 3.03. The van der Waals surface area contributed by atoms with Crippen molar-refractivity contribution in [3.8, 4) is 0 Å². The van der Waals surface area contributed by atoms with E-state index in [4.69, 9.17) is 9.47 Å². The maximum Gasteiger partial charge on any atom is 0.343 e. The average molecular weight is 1380 g/mol. The number of rotatable bonds is 12. The van der Waals surface area contributed by atoms with Crippen molar-refractivity contribution in [2.45, 2.75) is 27.7 Å². The van der Waals surface area contributed by atoms with Gasteiger partial charge in [-0.3, -0.25) is 28.8 Å². The van der Waals surface area contributed by atoms with Crippen LogP contribution in [0, 0.1) is 26.8 Å². The summed E-state index contributed by atoms with van der Waals surface area (Å²) in [5.41, 5.74) is -0.269. The minimum Gasteiger partial charge on any atom is -0.427 e. The van der Waals surface area contributed by atoms with Crippen molar-refractivity contribution in [2.24, 2.45) is 5.41 Å². The highest BCUT2D eigenvalue weighted by Crippen LogP contribution is 2.38. The molecule has 21 heteroatoms. The lowest BCUT2D eigenvalue weighted by Gasteiger charge is -2.24. The minimum atomic E-state index is -0.942. The van der Waals surface area contributed by atoms with Crippen molar-refractivity contribution in [3.05, 3.63) is 43.7 Å². The predicted octanol–water partition coefficient (Wildman–Crippen LogP) is 4.45. The van der Waals surface area contributed by atoms with E-state index in [1.807, 2.05) is 113 Å². The van der Waals surface area contributed by atoms with Crippen LogP contribution in [0.3, 0.4) is 0 Å². The van der Waals surface area contributed by atoms with Gasteiger partial charge in [0.2, 0.25) is 18.6 Å². The molecule has 0 aliphatic heterocycles. The van der Waals surface area contributed by atoms with Crippen LogP contribution in [0.15, 0.2) is 0 Å². The summed E-state index contributed by atoms with van der Waals surface area (Å²) in [6, 6.07) is 0. The molecule has 0 aliphatic rings. The van der Waals surface area contributed by atoms with Crippen molar-refractivity contribution in [3.63, 3.8) is 0 Å². The molecule has 51 heavy (non-hydrogen) atoms. The van der Waals surface area contributed by atoms with Crippen molar-refractivity contribution < 1.29 is 48.1 Å². The van der Waals surface area contributed by atoms with Crippen LogP contribution in [0.1, 0.15) is 69.1 Å². The number of amides is 5. The fourth-order valence-corrected chi connectivity index (χ4v) is 13.1. The van der Waals surface area contributed by atoms with E-state index in [2.05, 4.69) is 21.3 Å². The van der Waals surface area contributed by atoms with Crippen molar-refractivity contribution in [1.82, 2.24) is 16.0 Å². The van der Waals surface area contributed by atoms with Gasteiger partial charge >= 0.3 is 11.9 Å². The number of carbonyl (C=O) groups is 7. The zero-order valence-electron chi connectivity index (χ0n) is 27.7. The quantitative estimate of drug-likeness (QED) is 0.115. The highest BCUT2D eigenvalue weighted by Gasteiger charge is 2.32. The van der Waals surface area contributed by atoms with Crippen molar-refractivity contribution >= 4 is 188 Å². The summed E-state index contributed by atoms with van der Waals surface area (Å²) in [6.07, 6.45) is 0. The summed E-state index contributed by atoms with van der Waals surface area (Å²) in [5, 5.41) is 19.5. The second kappa shape index (κ2) is 20.1. The van der Waals surface area contributed by atoms with Crippen LogP contribution in [0.25, 0.3) is 0 Å². The Morgan fingerprint density at radius 2 is 1.22 bits per heavy atom. The Bertz CT molecular complexity index is 1800. The van der Waals surface area contributed by atoms with E-state index in [0.717, 1.165) is 0 Å². The molecule has 0 aliphatic carbocycles. The summed E-state index contributed by atoms with van der Waals surface area (Å²) in [6.45, 7) is 4.52. The zero-order chi connectivity index (χ0) is 39.1. The Morgan fingerprint density at radius 3 is 1.73 bits per heavy atom. The van der Waals surface area contributed by atoms with Gasteiger partial charge in [0.05, 0.1) is 66.5 Å². The summed E-state index contributed by atoms with van der Waals surface area (Å²) in [4.78, 5) is 92.1. The second-order valence-corrected chi connectivity index (χ2v) is 17.7. The number of hydrogen-bond acceptors (Lipinski definition) is 10. The molecule has 5 amide bonds. The molecule has 278 valence electrons. The van der Waals surface area contributed by atoms with Gasteiger partial charge in [-0.05, 0) is 156 Å². The summed E-state index contributed by atoms with van der Waals surface area (Å²) in [5.74, 6) is -4.44. The number of halogens is 6. The third-order valence-corrected chi connectivity index (χ3v) is 13.0. The first-order chi connectivity index (χ1) is 23.6. The predicted molar refractivity (Wildman–Crippen MR) is 238 cm³/mol. The van der Waals surface area contributed by atoms with Gasteiger partial charge in [0, 0.05) is 34.7 Å². The largest absolute Gasteiger partial charge is 0.427 e. The molecular weight excluding hydrogens is 1350 g/mol. The highest BCUT2D eigenvalue weighted by atomic mass is 127. The molecule has 0 heterocycles. The molecule has 5 N–H and O–H groups in total. The van der Waals surface area contributed by atoms with E-state index in [-0.39, 0.29) is 57.7 Å². The SMILES string of the molecule is CNC(=O)c1c(I)c(C(=O)NCC(=O)Nc2c(I)c(C(=O)NCCO)c(I)c(C(=O)OCOC(=O)C(C)(C)C)c2I)c(I)c(N(C)C(C)=O)c1I. The first kappa shape index (κ1) is 46.2. The van der Waals surface area contributed by atoms with Crippen LogP contribution >= 0.6 is 136 Å². The summed E-state index contributed by atoms with van der Waals surface area (Å²) >= 11 is 11.2. The van der Waals surface area contributed by atoms with Gasteiger partial charge in [-0.15, -0.1) is 0 Å². The topological polar surface area (TPSA) is 210 Å². The molecule has 0 spiro atoms. The molecule has 0 unspecified atom stereocenters. The van der Waals surface area contributed by atoms with E-state index in [0.29, 0.717) is 16.4 Å². The third kappa shape index (κ3) is 11.3. The summed E-state index contributed by atoms with van der Waals surface area (Å²) in [7, 11) is 2.95. The van der Waals surface area contributed by atoms with E-state index in [1.54, 1.807) is 43.4 Å². The molecule has 2 rings (SSSR count). The molecule has 0 radical (unpaired) electrons. The van der Waals surface area contributed by atoms with E-state index in [9.17, 15) is 38.7 Å². The number of aliphatic hydroxyl groups excluding tert-OH is 1. The molecule has 15 nitrogen and oxygen atoms in total. The molecule has 2 aromatic carbocycles. The number of nitrogens with one attached hydrogen (secondary N) is 4. The molecule has 0 bridgehead atoms. The van der Waals surface area contributed by atoms with E-state index >= 15 is 0 Å². The second-order valence-electron chi connectivity index (χ2n) is 11.2. The number of aliphatic hydroxyl groups is 1. The van der Waals surface area contributed by atoms with Crippen molar-refractivity contribution in [1.29, 1.82) is 0 Å². The van der Waals surface area contributed by atoms with Crippen molar-refractivity contribution in [2.75, 3.05) is 50.8 Å². The van der Waals surface area contributed by atoms with Gasteiger partial charge in [-0.2, -0.15) is 0 Å². The zero-order valence-corrected chi connectivity index (χ0v) is 40.6. The molecule has 0 fully saturated rings. The molecule has 2 aromatic rings. The maximum absolute atomic E-state index is 13.6. The first-order valence-corrected chi connectivity index (χ1v) is 20.8. The normalized spacial score (nSPS) is 10.9. The number of carbonyl (C=O) groups excluding carboxylic acids is 7. The van der Waals surface area contributed by atoms with Crippen LogP contribution in [0.2, 0.25) is 0 Å². The lowest BCUT2D eigenvalue weighted by molar-refractivity contribution is -0.161. The number of ether oxygens (including phenoxy) is 2. The third-order valence-electron chi connectivity index (χ3n) is 6.59. The van der Waals surface area contributed by atoms with Crippen LogP contribution in [-0.4, -0.2) is 87.2 Å². The molecular formula is C30H31I6N5O10. The first-order valence-electron chi connectivity index (χ1n) is 14.3.